The van der Waals surface area contributed by atoms with Crippen molar-refractivity contribution in [1.29, 1.82) is 0 Å². The molecule has 0 radical (unpaired) electrons. The van der Waals surface area contributed by atoms with Gasteiger partial charge in [-0.2, -0.15) is 13.2 Å². The second kappa shape index (κ2) is 5.40. The summed E-state index contributed by atoms with van der Waals surface area (Å²) in [7, 11) is 0. The van der Waals surface area contributed by atoms with Crippen LogP contribution in [0.5, 0.6) is 0 Å². The van der Waals surface area contributed by atoms with E-state index in [4.69, 9.17) is 0 Å². The van der Waals surface area contributed by atoms with Crippen LogP contribution in [0.3, 0.4) is 0 Å². The number of aryl methyl sites for hydroxylation is 1. The van der Waals surface area contributed by atoms with E-state index in [2.05, 4.69) is 16.9 Å². The van der Waals surface area contributed by atoms with Crippen molar-refractivity contribution in [3.05, 3.63) is 54.4 Å². The summed E-state index contributed by atoms with van der Waals surface area (Å²) in [5.74, 6) is 0.474. The molecule has 1 aromatic carbocycles. The largest absolute Gasteiger partial charge is 0.416 e. The fraction of sp³-hybridized carbons (Fsp3) is 0.214. The fourth-order valence-corrected chi connectivity index (χ4v) is 1.85. The van der Waals surface area contributed by atoms with E-state index < -0.39 is 11.7 Å². The van der Waals surface area contributed by atoms with Crippen LogP contribution in [-0.4, -0.2) is 9.55 Å². The summed E-state index contributed by atoms with van der Waals surface area (Å²) in [6.45, 7) is 5.58. The average molecular weight is 281 g/mol. The van der Waals surface area contributed by atoms with Crippen LogP contribution in [0, 0.1) is 6.92 Å². The second-order valence-corrected chi connectivity index (χ2v) is 4.34. The SMILES string of the molecule is C=CCn1ccnc1Nc1ccc(C)c(C(F)(F)F)c1. The maximum Gasteiger partial charge on any atom is 0.416 e. The number of rotatable bonds is 4. The van der Waals surface area contributed by atoms with Gasteiger partial charge in [-0.1, -0.05) is 12.1 Å². The van der Waals surface area contributed by atoms with Crippen LogP contribution >= 0.6 is 0 Å². The Morgan fingerprint density at radius 3 is 2.80 bits per heavy atom. The van der Waals surface area contributed by atoms with Crippen LogP contribution < -0.4 is 5.32 Å². The number of alkyl halides is 3. The van der Waals surface area contributed by atoms with Crippen molar-refractivity contribution in [3.8, 4) is 0 Å². The molecule has 2 aromatic rings. The summed E-state index contributed by atoms with van der Waals surface area (Å²) in [6, 6.07) is 4.12. The lowest BCUT2D eigenvalue weighted by Gasteiger charge is -2.13. The van der Waals surface area contributed by atoms with E-state index in [1.54, 1.807) is 29.1 Å². The molecule has 0 unspecified atom stereocenters. The molecule has 0 spiro atoms. The predicted molar refractivity (Wildman–Crippen MR) is 71.9 cm³/mol. The van der Waals surface area contributed by atoms with Crippen molar-refractivity contribution in [2.24, 2.45) is 0 Å². The van der Waals surface area contributed by atoms with Gasteiger partial charge in [0.2, 0.25) is 5.95 Å². The molecule has 20 heavy (non-hydrogen) atoms. The number of anilines is 2. The molecular formula is C14H14F3N3. The Morgan fingerprint density at radius 1 is 1.40 bits per heavy atom. The van der Waals surface area contributed by atoms with Crippen LogP contribution in [0.1, 0.15) is 11.1 Å². The predicted octanol–water partition coefficient (Wildman–Crippen LogP) is 4.14. The van der Waals surface area contributed by atoms with Gasteiger partial charge >= 0.3 is 6.18 Å². The number of benzene rings is 1. The Morgan fingerprint density at radius 2 is 2.15 bits per heavy atom. The minimum atomic E-state index is -4.36. The zero-order chi connectivity index (χ0) is 14.8. The molecule has 1 aromatic heterocycles. The smallest absolute Gasteiger partial charge is 0.326 e. The zero-order valence-electron chi connectivity index (χ0n) is 10.9. The minimum Gasteiger partial charge on any atom is -0.326 e. The zero-order valence-corrected chi connectivity index (χ0v) is 10.9. The lowest BCUT2D eigenvalue weighted by molar-refractivity contribution is -0.138. The van der Waals surface area contributed by atoms with E-state index in [0.29, 0.717) is 18.2 Å². The molecule has 0 bridgehead atoms. The van der Waals surface area contributed by atoms with Crippen molar-refractivity contribution < 1.29 is 13.2 Å². The normalized spacial score (nSPS) is 11.4. The quantitative estimate of drug-likeness (QED) is 0.854. The lowest BCUT2D eigenvalue weighted by atomic mass is 10.1. The monoisotopic (exact) mass is 281 g/mol. The Kier molecular flexibility index (Phi) is 3.83. The number of hydrogen-bond acceptors (Lipinski definition) is 2. The lowest BCUT2D eigenvalue weighted by Crippen LogP contribution is -2.09. The highest BCUT2D eigenvalue weighted by molar-refractivity contribution is 5.56. The summed E-state index contributed by atoms with van der Waals surface area (Å²) in [4.78, 5) is 4.07. The van der Waals surface area contributed by atoms with E-state index in [-0.39, 0.29) is 5.56 Å². The third-order valence-electron chi connectivity index (χ3n) is 2.84. The summed E-state index contributed by atoms with van der Waals surface area (Å²) in [6.07, 6.45) is 0.620. The van der Waals surface area contributed by atoms with Crippen LogP contribution in [0.2, 0.25) is 0 Å². The summed E-state index contributed by atoms with van der Waals surface area (Å²) in [5.41, 5.74) is -0.110. The molecule has 6 heteroatoms. The number of nitrogens with zero attached hydrogens (tertiary/aromatic N) is 2. The van der Waals surface area contributed by atoms with Gasteiger partial charge in [0.15, 0.2) is 0 Å². The molecule has 0 fully saturated rings. The van der Waals surface area contributed by atoms with E-state index in [0.717, 1.165) is 6.07 Å². The molecule has 0 aliphatic carbocycles. The van der Waals surface area contributed by atoms with Gasteiger partial charge in [0.25, 0.3) is 0 Å². The third kappa shape index (κ3) is 3.01. The van der Waals surface area contributed by atoms with E-state index in [1.165, 1.54) is 13.0 Å². The maximum absolute atomic E-state index is 12.8. The molecule has 0 aliphatic heterocycles. The van der Waals surface area contributed by atoms with E-state index >= 15 is 0 Å². The molecule has 1 N–H and O–H groups in total. The van der Waals surface area contributed by atoms with Gasteiger partial charge in [-0.05, 0) is 24.6 Å². The van der Waals surface area contributed by atoms with Crippen LogP contribution in [0.4, 0.5) is 24.8 Å². The topological polar surface area (TPSA) is 29.9 Å². The molecular weight excluding hydrogens is 267 g/mol. The molecule has 0 atom stereocenters. The fourth-order valence-electron chi connectivity index (χ4n) is 1.85. The van der Waals surface area contributed by atoms with Gasteiger partial charge in [-0.25, -0.2) is 4.98 Å². The average Bonchev–Trinajstić information content (AvgIpc) is 2.78. The highest BCUT2D eigenvalue weighted by atomic mass is 19.4. The number of nitrogens with one attached hydrogen (secondary N) is 1. The highest BCUT2D eigenvalue weighted by Gasteiger charge is 2.32. The molecule has 0 amide bonds. The molecule has 0 aliphatic rings. The van der Waals surface area contributed by atoms with E-state index in [1.807, 2.05) is 0 Å². The van der Waals surface area contributed by atoms with Crippen molar-refractivity contribution in [2.75, 3.05) is 5.32 Å². The van der Waals surface area contributed by atoms with Gasteiger partial charge in [0, 0.05) is 24.6 Å². The van der Waals surface area contributed by atoms with Crippen LogP contribution in [-0.2, 0) is 12.7 Å². The Bertz CT molecular complexity index is 614. The van der Waals surface area contributed by atoms with Crippen molar-refractivity contribution >= 4 is 11.6 Å². The maximum atomic E-state index is 12.8. The second-order valence-electron chi connectivity index (χ2n) is 4.34. The minimum absolute atomic E-state index is 0.192. The van der Waals surface area contributed by atoms with E-state index in [9.17, 15) is 13.2 Å². The Balaban J connectivity index is 2.30. The third-order valence-corrected chi connectivity index (χ3v) is 2.84. The van der Waals surface area contributed by atoms with Gasteiger partial charge < -0.3 is 9.88 Å². The summed E-state index contributed by atoms with van der Waals surface area (Å²) >= 11 is 0. The first kappa shape index (κ1) is 14.2. The van der Waals surface area contributed by atoms with Gasteiger partial charge in [-0.3, -0.25) is 0 Å². The molecule has 0 saturated carbocycles. The molecule has 3 nitrogen and oxygen atoms in total. The van der Waals surface area contributed by atoms with Crippen molar-refractivity contribution in [1.82, 2.24) is 9.55 Å². The first-order chi connectivity index (χ1) is 9.41. The number of imidazole rings is 1. The number of halogens is 3. The Labute approximate surface area is 114 Å². The van der Waals surface area contributed by atoms with Crippen molar-refractivity contribution in [2.45, 2.75) is 19.6 Å². The van der Waals surface area contributed by atoms with Crippen LogP contribution in [0.25, 0.3) is 0 Å². The van der Waals surface area contributed by atoms with Gasteiger partial charge in [0.1, 0.15) is 0 Å². The molecule has 1 heterocycles. The first-order valence-electron chi connectivity index (χ1n) is 5.98. The summed E-state index contributed by atoms with van der Waals surface area (Å²) < 4.78 is 40.3. The van der Waals surface area contributed by atoms with Crippen molar-refractivity contribution in [3.63, 3.8) is 0 Å². The molecule has 2 rings (SSSR count). The summed E-state index contributed by atoms with van der Waals surface area (Å²) in [5, 5.41) is 2.88. The number of aromatic nitrogens is 2. The highest BCUT2D eigenvalue weighted by Crippen LogP contribution is 2.33. The number of hydrogen-bond donors (Lipinski definition) is 1. The van der Waals surface area contributed by atoms with Gasteiger partial charge in [0.05, 0.1) is 5.56 Å². The molecule has 0 saturated heterocycles. The number of allylic oxidation sites excluding steroid dienone is 1. The van der Waals surface area contributed by atoms with Gasteiger partial charge in [-0.15, -0.1) is 6.58 Å². The first-order valence-corrected chi connectivity index (χ1v) is 5.98. The molecule has 106 valence electrons. The van der Waals surface area contributed by atoms with Crippen LogP contribution in [0.15, 0.2) is 43.2 Å². The Hall–Kier alpha value is -2.24. The standard InChI is InChI=1S/C14H14F3N3/c1-3-7-20-8-6-18-13(20)19-11-5-4-10(2)12(9-11)14(15,16)17/h3-6,8-9H,1,7H2,2H3,(H,18,19).